The first kappa shape index (κ1) is 18.9. The highest BCUT2D eigenvalue weighted by Gasteiger charge is 2.25. The topological polar surface area (TPSA) is 78.6 Å². The number of piperazine rings is 1. The molecule has 0 atom stereocenters. The van der Waals surface area contributed by atoms with Gasteiger partial charge >= 0.3 is 0 Å². The van der Waals surface area contributed by atoms with E-state index in [1.54, 1.807) is 23.2 Å². The predicted octanol–water partition coefficient (Wildman–Crippen LogP) is 2.45. The standard InChI is InChI=1S/C21H24N6O2/c1-2-25(16-17-7-4-3-5-8-17)19-15-22-24-21(23-19)27-12-10-26(11-13-27)20(28)18-9-6-14-29-18/h3-9,14-15H,2,10-13,16H2,1H3. The first-order chi connectivity index (χ1) is 14.2. The van der Waals surface area contributed by atoms with Gasteiger partial charge in [0.2, 0.25) is 5.95 Å². The fraction of sp³-hybridized carbons (Fsp3) is 0.333. The van der Waals surface area contributed by atoms with Crippen LogP contribution in [-0.2, 0) is 6.54 Å². The molecule has 1 fully saturated rings. The number of carbonyl (C=O) groups is 1. The third-order valence-corrected chi connectivity index (χ3v) is 5.04. The molecule has 0 aliphatic carbocycles. The lowest BCUT2D eigenvalue weighted by molar-refractivity contribution is 0.0714. The third-order valence-electron chi connectivity index (χ3n) is 5.04. The van der Waals surface area contributed by atoms with Crippen LogP contribution in [0.25, 0.3) is 0 Å². The van der Waals surface area contributed by atoms with Gasteiger partial charge in [0.15, 0.2) is 11.6 Å². The zero-order valence-electron chi connectivity index (χ0n) is 16.4. The molecule has 3 heterocycles. The van der Waals surface area contributed by atoms with Crippen LogP contribution in [0.2, 0.25) is 0 Å². The van der Waals surface area contributed by atoms with Gasteiger partial charge in [-0.05, 0) is 24.6 Å². The average Bonchev–Trinajstić information content (AvgIpc) is 3.33. The zero-order chi connectivity index (χ0) is 20.1. The van der Waals surface area contributed by atoms with Crippen LogP contribution >= 0.6 is 0 Å². The van der Waals surface area contributed by atoms with Crippen molar-refractivity contribution in [1.82, 2.24) is 20.1 Å². The minimum absolute atomic E-state index is 0.0811. The molecule has 2 aromatic heterocycles. The van der Waals surface area contributed by atoms with E-state index in [1.165, 1.54) is 11.8 Å². The van der Waals surface area contributed by atoms with Gasteiger partial charge in [-0.15, -0.1) is 5.10 Å². The number of carbonyl (C=O) groups excluding carboxylic acids is 1. The summed E-state index contributed by atoms with van der Waals surface area (Å²) in [6.45, 7) is 6.18. The second-order valence-electron chi connectivity index (χ2n) is 6.87. The number of furan rings is 1. The van der Waals surface area contributed by atoms with Gasteiger partial charge in [0.1, 0.15) is 0 Å². The largest absolute Gasteiger partial charge is 0.459 e. The molecule has 29 heavy (non-hydrogen) atoms. The van der Waals surface area contributed by atoms with Crippen LogP contribution in [0.4, 0.5) is 11.8 Å². The van der Waals surface area contributed by atoms with Crippen molar-refractivity contribution in [3.63, 3.8) is 0 Å². The number of nitrogens with zero attached hydrogens (tertiary/aromatic N) is 6. The van der Waals surface area contributed by atoms with Crippen molar-refractivity contribution in [2.75, 3.05) is 42.5 Å². The van der Waals surface area contributed by atoms with Crippen molar-refractivity contribution in [2.24, 2.45) is 0 Å². The molecule has 4 rings (SSSR count). The highest BCUT2D eigenvalue weighted by molar-refractivity contribution is 5.91. The molecule has 1 aliphatic rings. The van der Waals surface area contributed by atoms with E-state index in [4.69, 9.17) is 9.40 Å². The summed E-state index contributed by atoms with van der Waals surface area (Å²) in [5.74, 6) is 1.69. The smallest absolute Gasteiger partial charge is 0.289 e. The lowest BCUT2D eigenvalue weighted by Gasteiger charge is -2.34. The van der Waals surface area contributed by atoms with Crippen molar-refractivity contribution in [3.8, 4) is 0 Å². The molecule has 0 radical (unpaired) electrons. The summed E-state index contributed by atoms with van der Waals surface area (Å²) in [5, 5.41) is 8.40. The SMILES string of the molecule is CCN(Cc1ccccc1)c1cnnc(N2CCN(C(=O)c3ccco3)CC2)n1. The molecule has 1 amide bonds. The lowest BCUT2D eigenvalue weighted by Crippen LogP contribution is -2.49. The number of anilines is 2. The number of hydrogen-bond donors (Lipinski definition) is 0. The van der Waals surface area contributed by atoms with Crippen LogP contribution in [0, 0.1) is 0 Å². The quantitative estimate of drug-likeness (QED) is 0.637. The molecule has 3 aromatic rings. The summed E-state index contributed by atoms with van der Waals surface area (Å²) in [5.41, 5.74) is 1.22. The molecule has 0 spiro atoms. The molecule has 8 nitrogen and oxygen atoms in total. The number of amides is 1. The molecule has 8 heteroatoms. The maximum absolute atomic E-state index is 12.4. The van der Waals surface area contributed by atoms with Crippen LogP contribution in [0.1, 0.15) is 23.0 Å². The Hall–Kier alpha value is -3.42. The predicted molar refractivity (Wildman–Crippen MR) is 110 cm³/mol. The van der Waals surface area contributed by atoms with E-state index in [-0.39, 0.29) is 5.91 Å². The summed E-state index contributed by atoms with van der Waals surface area (Å²) in [7, 11) is 0. The Labute approximate surface area is 169 Å². The summed E-state index contributed by atoms with van der Waals surface area (Å²) < 4.78 is 5.22. The Bertz CT molecular complexity index is 923. The van der Waals surface area contributed by atoms with Crippen LogP contribution in [0.15, 0.2) is 59.3 Å². The number of aromatic nitrogens is 3. The van der Waals surface area contributed by atoms with E-state index < -0.39 is 0 Å². The van der Waals surface area contributed by atoms with E-state index in [0.29, 0.717) is 37.9 Å². The monoisotopic (exact) mass is 392 g/mol. The van der Waals surface area contributed by atoms with Crippen LogP contribution in [-0.4, -0.2) is 58.7 Å². The van der Waals surface area contributed by atoms with Gasteiger partial charge in [0.25, 0.3) is 5.91 Å². The summed E-state index contributed by atoms with van der Waals surface area (Å²) in [4.78, 5) is 23.2. The van der Waals surface area contributed by atoms with Gasteiger partial charge in [-0.3, -0.25) is 4.79 Å². The molecule has 1 aromatic carbocycles. The lowest BCUT2D eigenvalue weighted by atomic mass is 10.2. The molecular formula is C21H24N6O2. The van der Waals surface area contributed by atoms with Gasteiger partial charge in [-0.2, -0.15) is 10.1 Å². The van der Waals surface area contributed by atoms with E-state index >= 15 is 0 Å². The van der Waals surface area contributed by atoms with Gasteiger partial charge in [0.05, 0.1) is 12.5 Å². The van der Waals surface area contributed by atoms with Crippen molar-refractivity contribution in [3.05, 3.63) is 66.2 Å². The molecule has 0 saturated carbocycles. The number of benzene rings is 1. The van der Waals surface area contributed by atoms with Crippen LogP contribution in [0.5, 0.6) is 0 Å². The molecule has 1 saturated heterocycles. The average molecular weight is 392 g/mol. The molecule has 1 aliphatic heterocycles. The molecule has 0 unspecified atom stereocenters. The summed E-state index contributed by atoms with van der Waals surface area (Å²) in [6.07, 6.45) is 3.22. The maximum Gasteiger partial charge on any atom is 0.289 e. The van der Waals surface area contributed by atoms with Gasteiger partial charge < -0.3 is 19.1 Å². The van der Waals surface area contributed by atoms with Crippen molar-refractivity contribution < 1.29 is 9.21 Å². The van der Waals surface area contributed by atoms with Crippen LogP contribution in [0.3, 0.4) is 0 Å². The van der Waals surface area contributed by atoms with Crippen molar-refractivity contribution in [1.29, 1.82) is 0 Å². The second-order valence-corrected chi connectivity index (χ2v) is 6.87. The Morgan fingerprint density at radius 1 is 1.10 bits per heavy atom. The zero-order valence-corrected chi connectivity index (χ0v) is 16.4. The van der Waals surface area contributed by atoms with Gasteiger partial charge in [-0.1, -0.05) is 30.3 Å². The Morgan fingerprint density at radius 3 is 2.59 bits per heavy atom. The van der Waals surface area contributed by atoms with Crippen molar-refractivity contribution >= 4 is 17.7 Å². The minimum atomic E-state index is -0.0811. The number of hydrogen-bond acceptors (Lipinski definition) is 7. The fourth-order valence-electron chi connectivity index (χ4n) is 3.40. The highest BCUT2D eigenvalue weighted by Crippen LogP contribution is 2.18. The highest BCUT2D eigenvalue weighted by atomic mass is 16.3. The molecular weight excluding hydrogens is 368 g/mol. The van der Waals surface area contributed by atoms with E-state index in [2.05, 4.69) is 39.1 Å². The summed E-state index contributed by atoms with van der Waals surface area (Å²) >= 11 is 0. The second kappa shape index (κ2) is 8.72. The molecule has 0 bridgehead atoms. The van der Waals surface area contributed by atoms with Gasteiger partial charge in [0, 0.05) is 39.3 Å². The first-order valence-electron chi connectivity index (χ1n) is 9.81. The van der Waals surface area contributed by atoms with E-state index in [1.807, 2.05) is 18.2 Å². The Morgan fingerprint density at radius 2 is 1.90 bits per heavy atom. The third kappa shape index (κ3) is 4.37. The first-order valence-corrected chi connectivity index (χ1v) is 9.81. The van der Waals surface area contributed by atoms with Crippen LogP contribution < -0.4 is 9.80 Å². The summed E-state index contributed by atoms with van der Waals surface area (Å²) in [6, 6.07) is 13.7. The Kier molecular flexibility index (Phi) is 5.69. The maximum atomic E-state index is 12.4. The van der Waals surface area contributed by atoms with E-state index in [0.717, 1.165) is 18.9 Å². The fourth-order valence-corrected chi connectivity index (χ4v) is 3.40. The molecule has 0 N–H and O–H groups in total. The minimum Gasteiger partial charge on any atom is -0.459 e. The van der Waals surface area contributed by atoms with E-state index in [9.17, 15) is 4.79 Å². The molecule has 150 valence electrons. The van der Waals surface area contributed by atoms with Gasteiger partial charge in [-0.25, -0.2) is 0 Å². The Balaban J connectivity index is 1.42. The number of rotatable bonds is 6. The normalized spacial score (nSPS) is 14.1. The van der Waals surface area contributed by atoms with Crippen molar-refractivity contribution in [2.45, 2.75) is 13.5 Å².